The van der Waals surface area contributed by atoms with Crippen molar-refractivity contribution in [3.05, 3.63) is 65.7 Å². The molecule has 134 valence electrons. The van der Waals surface area contributed by atoms with Crippen molar-refractivity contribution in [2.24, 2.45) is 0 Å². The minimum absolute atomic E-state index is 0.0113. The summed E-state index contributed by atoms with van der Waals surface area (Å²) >= 11 is 0. The smallest absolute Gasteiger partial charge is 0.261 e. The summed E-state index contributed by atoms with van der Waals surface area (Å²) in [6.45, 7) is 4.18. The van der Waals surface area contributed by atoms with Crippen molar-refractivity contribution in [1.29, 1.82) is 0 Å². The van der Waals surface area contributed by atoms with Crippen LogP contribution in [-0.4, -0.2) is 35.2 Å². The highest BCUT2D eigenvalue weighted by atomic mass is 16.2. The summed E-state index contributed by atoms with van der Waals surface area (Å²) in [6.07, 6.45) is 0.723. The molecular formula is C21H22N2O3. The Bertz CT molecular complexity index is 795. The van der Waals surface area contributed by atoms with E-state index in [4.69, 9.17) is 0 Å². The van der Waals surface area contributed by atoms with E-state index in [1.807, 2.05) is 44.2 Å². The third-order valence-corrected chi connectivity index (χ3v) is 4.47. The minimum atomic E-state index is -0.276. The molecule has 0 saturated heterocycles. The summed E-state index contributed by atoms with van der Waals surface area (Å²) in [6, 6.07) is 16.4. The Kier molecular flexibility index (Phi) is 5.16. The molecular weight excluding hydrogens is 328 g/mol. The predicted octanol–water partition coefficient (Wildman–Crippen LogP) is 3.50. The SMILES string of the molecule is CC(C)N(C(=O)CCCN1C(=O)c2ccccc2C1=O)c1ccccc1. The Morgan fingerprint density at radius 2 is 1.46 bits per heavy atom. The average Bonchev–Trinajstić information content (AvgIpc) is 2.88. The van der Waals surface area contributed by atoms with Crippen LogP contribution in [0.1, 0.15) is 47.4 Å². The number of fused-ring (bicyclic) bond motifs is 1. The van der Waals surface area contributed by atoms with Gasteiger partial charge in [0.05, 0.1) is 11.1 Å². The summed E-state index contributed by atoms with van der Waals surface area (Å²) in [7, 11) is 0. The lowest BCUT2D eigenvalue weighted by molar-refractivity contribution is -0.119. The van der Waals surface area contributed by atoms with Crippen molar-refractivity contribution in [2.75, 3.05) is 11.4 Å². The second-order valence-corrected chi connectivity index (χ2v) is 6.60. The first-order valence-electron chi connectivity index (χ1n) is 8.83. The van der Waals surface area contributed by atoms with Crippen LogP contribution in [0.4, 0.5) is 5.69 Å². The standard InChI is InChI=1S/C21H22N2O3/c1-15(2)23(16-9-4-3-5-10-16)19(24)13-8-14-22-20(25)17-11-6-7-12-18(17)21(22)26/h3-7,9-12,15H,8,13-14H2,1-2H3. The quantitative estimate of drug-likeness (QED) is 0.749. The number of hydrogen-bond acceptors (Lipinski definition) is 3. The Morgan fingerprint density at radius 1 is 0.923 bits per heavy atom. The van der Waals surface area contributed by atoms with Crippen molar-refractivity contribution in [2.45, 2.75) is 32.7 Å². The van der Waals surface area contributed by atoms with Crippen LogP contribution in [0.25, 0.3) is 0 Å². The normalized spacial score (nSPS) is 13.3. The Balaban J connectivity index is 1.62. The van der Waals surface area contributed by atoms with E-state index in [-0.39, 0.29) is 36.7 Å². The maximum atomic E-state index is 12.7. The molecule has 0 fully saturated rings. The summed E-state index contributed by atoms with van der Waals surface area (Å²) in [5.74, 6) is -0.563. The Labute approximate surface area is 153 Å². The summed E-state index contributed by atoms with van der Waals surface area (Å²) < 4.78 is 0. The van der Waals surface area contributed by atoms with Crippen molar-refractivity contribution >= 4 is 23.4 Å². The molecule has 0 unspecified atom stereocenters. The number of anilines is 1. The zero-order chi connectivity index (χ0) is 18.7. The monoisotopic (exact) mass is 350 g/mol. The van der Waals surface area contributed by atoms with Crippen molar-refractivity contribution in [3.8, 4) is 0 Å². The average molecular weight is 350 g/mol. The van der Waals surface area contributed by atoms with E-state index in [1.165, 1.54) is 4.90 Å². The fourth-order valence-electron chi connectivity index (χ4n) is 3.27. The predicted molar refractivity (Wildman–Crippen MR) is 100 cm³/mol. The van der Waals surface area contributed by atoms with E-state index in [0.29, 0.717) is 17.5 Å². The maximum Gasteiger partial charge on any atom is 0.261 e. The van der Waals surface area contributed by atoms with Crippen molar-refractivity contribution < 1.29 is 14.4 Å². The zero-order valence-electron chi connectivity index (χ0n) is 15.0. The number of rotatable bonds is 6. The van der Waals surface area contributed by atoms with Gasteiger partial charge in [-0.25, -0.2) is 0 Å². The molecule has 1 aliphatic heterocycles. The third kappa shape index (κ3) is 3.38. The number of carbonyl (C=O) groups excluding carboxylic acids is 3. The van der Waals surface area contributed by atoms with Crippen LogP contribution in [0.3, 0.4) is 0 Å². The van der Waals surface area contributed by atoms with Gasteiger partial charge in [0.25, 0.3) is 11.8 Å². The molecule has 0 aliphatic carbocycles. The molecule has 0 spiro atoms. The first kappa shape index (κ1) is 17.9. The topological polar surface area (TPSA) is 57.7 Å². The van der Waals surface area contributed by atoms with Gasteiger partial charge in [-0.1, -0.05) is 30.3 Å². The number of para-hydroxylation sites is 1. The lowest BCUT2D eigenvalue weighted by Gasteiger charge is -2.27. The molecule has 1 aliphatic rings. The van der Waals surface area contributed by atoms with E-state index in [1.54, 1.807) is 29.2 Å². The number of benzene rings is 2. The summed E-state index contributed by atoms with van der Waals surface area (Å²) in [4.78, 5) is 40.4. The molecule has 5 heteroatoms. The first-order valence-corrected chi connectivity index (χ1v) is 8.83. The first-order chi connectivity index (χ1) is 12.5. The Morgan fingerprint density at radius 3 is 2.00 bits per heavy atom. The van der Waals surface area contributed by atoms with E-state index in [9.17, 15) is 14.4 Å². The molecule has 2 aromatic carbocycles. The Hall–Kier alpha value is -2.95. The van der Waals surface area contributed by atoms with Gasteiger partial charge in [-0.15, -0.1) is 0 Å². The summed E-state index contributed by atoms with van der Waals surface area (Å²) in [5, 5.41) is 0. The highest BCUT2D eigenvalue weighted by Crippen LogP contribution is 2.23. The van der Waals surface area contributed by atoms with Gasteiger partial charge in [-0.2, -0.15) is 0 Å². The third-order valence-electron chi connectivity index (χ3n) is 4.47. The van der Waals surface area contributed by atoms with Gasteiger partial charge in [-0.05, 0) is 44.5 Å². The fourth-order valence-corrected chi connectivity index (χ4v) is 3.27. The number of hydrogen-bond donors (Lipinski definition) is 0. The van der Waals surface area contributed by atoms with Gasteiger partial charge in [-0.3, -0.25) is 19.3 Å². The van der Waals surface area contributed by atoms with Gasteiger partial charge >= 0.3 is 0 Å². The van der Waals surface area contributed by atoms with Gasteiger partial charge in [0, 0.05) is 24.7 Å². The van der Waals surface area contributed by atoms with Gasteiger partial charge in [0.1, 0.15) is 0 Å². The second kappa shape index (κ2) is 7.52. The molecule has 2 aromatic rings. The maximum absolute atomic E-state index is 12.7. The molecule has 1 heterocycles. The van der Waals surface area contributed by atoms with Crippen LogP contribution >= 0.6 is 0 Å². The fraction of sp³-hybridized carbons (Fsp3) is 0.286. The second-order valence-electron chi connectivity index (χ2n) is 6.60. The van der Waals surface area contributed by atoms with Gasteiger partial charge in [0.2, 0.25) is 5.91 Å². The van der Waals surface area contributed by atoms with E-state index in [0.717, 1.165) is 5.69 Å². The van der Waals surface area contributed by atoms with Gasteiger partial charge < -0.3 is 4.90 Å². The molecule has 3 rings (SSSR count). The van der Waals surface area contributed by atoms with Crippen LogP contribution < -0.4 is 4.90 Å². The highest BCUT2D eigenvalue weighted by Gasteiger charge is 2.34. The lowest BCUT2D eigenvalue weighted by Crippen LogP contribution is -2.38. The minimum Gasteiger partial charge on any atom is -0.310 e. The van der Waals surface area contributed by atoms with Crippen LogP contribution in [0, 0.1) is 0 Å². The number of amides is 3. The van der Waals surface area contributed by atoms with E-state index < -0.39 is 0 Å². The van der Waals surface area contributed by atoms with Crippen LogP contribution in [0.2, 0.25) is 0 Å². The molecule has 5 nitrogen and oxygen atoms in total. The molecule has 0 aromatic heterocycles. The summed E-state index contributed by atoms with van der Waals surface area (Å²) in [5.41, 5.74) is 1.74. The molecule has 0 N–H and O–H groups in total. The van der Waals surface area contributed by atoms with Gasteiger partial charge in [0.15, 0.2) is 0 Å². The van der Waals surface area contributed by atoms with E-state index in [2.05, 4.69) is 0 Å². The largest absolute Gasteiger partial charge is 0.310 e. The van der Waals surface area contributed by atoms with Crippen molar-refractivity contribution in [3.63, 3.8) is 0 Å². The molecule has 3 amide bonds. The lowest BCUT2D eigenvalue weighted by atomic mass is 10.1. The molecule has 26 heavy (non-hydrogen) atoms. The van der Waals surface area contributed by atoms with Crippen LogP contribution in [0.5, 0.6) is 0 Å². The van der Waals surface area contributed by atoms with Crippen molar-refractivity contribution in [1.82, 2.24) is 4.90 Å². The zero-order valence-corrected chi connectivity index (χ0v) is 15.0. The number of carbonyl (C=O) groups is 3. The molecule has 0 saturated carbocycles. The van der Waals surface area contributed by atoms with Crippen LogP contribution in [-0.2, 0) is 4.79 Å². The molecule has 0 radical (unpaired) electrons. The van der Waals surface area contributed by atoms with Crippen LogP contribution in [0.15, 0.2) is 54.6 Å². The number of nitrogens with zero attached hydrogens (tertiary/aromatic N) is 2. The number of imide groups is 1. The molecule has 0 atom stereocenters. The highest BCUT2D eigenvalue weighted by molar-refractivity contribution is 6.21. The molecule has 0 bridgehead atoms. The van der Waals surface area contributed by atoms with E-state index >= 15 is 0 Å².